The molecule has 0 radical (unpaired) electrons. The van der Waals surface area contributed by atoms with Crippen molar-refractivity contribution in [3.05, 3.63) is 40.0 Å². The number of nitrogens with zero attached hydrogens (tertiary/aromatic N) is 5. The summed E-state index contributed by atoms with van der Waals surface area (Å²) in [4.78, 5) is 19.0. The Morgan fingerprint density at radius 2 is 2.32 bits per heavy atom. The van der Waals surface area contributed by atoms with Crippen molar-refractivity contribution in [1.82, 2.24) is 9.55 Å². The van der Waals surface area contributed by atoms with Crippen LogP contribution in [0, 0.1) is 6.92 Å². The van der Waals surface area contributed by atoms with Crippen molar-refractivity contribution in [2.75, 3.05) is 6.54 Å². The largest absolute Gasteiger partial charge is 0.331 e. The van der Waals surface area contributed by atoms with E-state index in [0.29, 0.717) is 24.9 Å². The standard InChI is InChI=1S/C13H15N5O/c1-9-16-11-8-10(5-6-12(11)18(9)2)13(19)4-3-7-15-17-14/h5-6,8H,3-4,7H2,1-2H3. The van der Waals surface area contributed by atoms with Gasteiger partial charge in [0.15, 0.2) is 5.78 Å². The van der Waals surface area contributed by atoms with E-state index in [2.05, 4.69) is 15.0 Å². The van der Waals surface area contributed by atoms with Crippen LogP contribution in [0.25, 0.3) is 21.5 Å². The van der Waals surface area contributed by atoms with Crippen LogP contribution in [0.4, 0.5) is 0 Å². The minimum atomic E-state index is 0.0540. The van der Waals surface area contributed by atoms with Crippen LogP contribution in [0.5, 0.6) is 0 Å². The maximum absolute atomic E-state index is 12.0. The van der Waals surface area contributed by atoms with E-state index < -0.39 is 0 Å². The van der Waals surface area contributed by atoms with E-state index in [1.165, 1.54) is 0 Å². The molecule has 0 bridgehead atoms. The number of Topliss-reactive ketones (excluding diaryl/α,β-unsaturated/α-hetero) is 1. The lowest BCUT2D eigenvalue weighted by Gasteiger charge is -2.01. The first-order valence-electron chi connectivity index (χ1n) is 6.10. The lowest BCUT2D eigenvalue weighted by Crippen LogP contribution is -2.00. The first-order chi connectivity index (χ1) is 9.13. The third-order valence-electron chi connectivity index (χ3n) is 3.15. The number of benzene rings is 1. The molecule has 0 saturated carbocycles. The summed E-state index contributed by atoms with van der Waals surface area (Å²) in [7, 11) is 1.95. The lowest BCUT2D eigenvalue weighted by atomic mass is 10.1. The van der Waals surface area contributed by atoms with Crippen LogP contribution < -0.4 is 0 Å². The Kier molecular flexibility index (Phi) is 3.82. The van der Waals surface area contributed by atoms with Crippen LogP contribution in [-0.2, 0) is 7.05 Å². The molecule has 19 heavy (non-hydrogen) atoms. The molecule has 2 aromatic rings. The molecule has 6 heteroatoms. The molecular formula is C13H15N5O. The van der Waals surface area contributed by atoms with Crippen molar-refractivity contribution < 1.29 is 4.79 Å². The predicted octanol–water partition coefficient (Wildman–Crippen LogP) is 3.15. The molecular weight excluding hydrogens is 242 g/mol. The van der Waals surface area contributed by atoms with Gasteiger partial charge in [0, 0.05) is 30.5 Å². The minimum absolute atomic E-state index is 0.0540. The van der Waals surface area contributed by atoms with Crippen molar-refractivity contribution in [2.45, 2.75) is 19.8 Å². The highest BCUT2D eigenvalue weighted by Crippen LogP contribution is 2.17. The summed E-state index contributed by atoms with van der Waals surface area (Å²) < 4.78 is 1.99. The smallest absolute Gasteiger partial charge is 0.162 e. The van der Waals surface area contributed by atoms with Gasteiger partial charge in [0.05, 0.1) is 11.0 Å². The fourth-order valence-corrected chi connectivity index (χ4v) is 1.99. The van der Waals surface area contributed by atoms with Gasteiger partial charge in [0.25, 0.3) is 0 Å². The summed E-state index contributed by atoms with van der Waals surface area (Å²) in [6.45, 7) is 2.29. The minimum Gasteiger partial charge on any atom is -0.331 e. The zero-order chi connectivity index (χ0) is 13.8. The first-order valence-corrected chi connectivity index (χ1v) is 6.10. The van der Waals surface area contributed by atoms with E-state index in [-0.39, 0.29) is 5.78 Å². The predicted molar refractivity (Wildman–Crippen MR) is 73.0 cm³/mol. The number of ketones is 1. The molecule has 2 rings (SSSR count). The Labute approximate surface area is 110 Å². The van der Waals surface area contributed by atoms with Gasteiger partial charge in [-0.1, -0.05) is 5.11 Å². The molecule has 0 N–H and O–H groups in total. The Morgan fingerprint density at radius 3 is 3.05 bits per heavy atom. The molecule has 98 valence electrons. The van der Waals surface area contributed by atoms with E-state index in [1.807, 2.05) is 36.7 Å². The van der Waals surface area contributed by atoms with Crippen LogP contribution in [0.15, 0.2) is 23.3 Å². The Balaban J connectivity index is 2.16. The number of aryl methyl sites for hydroxylation is 2. The number of aromatic nitrogens is 2. The van der Waals surface area contributed by atoms with Crippen molar-refractivity contribution in [3.63, 3.8) is 0 Å². The van der Waals surface area contributed by atoms with E-state index >= 15 is 0 Å². The molecule has 0 aliphatic carbocycles. The number of imidazole rings is 1. The Hall–Kier alpha value is -2.33. The molecule has 0 spiro atoms. The highest BCUT2D eigenvalue weighted by molar-refractivity contribution is 5.98. The van der Waals surface area contributed by atoms with Gasteiger partial charge in [-0.2, -0.15) is 0 Å². The first kappa shape index (κ1) is 13.1. The van der Waals surface area contributed by atoms with Gasteiger partial charge in [-0.25, -0.2) is 4.98 Å². The molecule has 0 amide bonds. The zero-order valence-electron chi connectivity index (χ0n) is 11.0. The number of azide groups is 1. The van der Waals surface area contributed by atoms with E-state index in [1.54, 1.807) is 0 Å². The topological polar surface area (TPSA) is 83.7 Å². The second kappa shape index (κ2) is 5.54. The van der Waals surface area contributed by atoms with E-state index in [0.717, 1.165) is 16.9 Å². The number of carbonyl (C=O) groups is 1. The van der Waals surface area contributed by atoms with Crippen molar-refractivity contribution >= 4 is 16.8 Å². The lowest BCUT2D eigenvalue weighted by molar-refractivity contribution is 0.0981. The van der Waals surface area contributed by atoms with Gasteiger partial charge < -0.3 is 4.57 Å². The molecule has 1 aromatic carbocycles. The van der Waals surface area contributed by atoms with Gasteiger partial charge in [0.2, 0.25) is 0 Å². The average Bonchev–Trinajstić information content (AvgIpc) is 2.69. The van der Waals surface area contributed by atoms with Crippen molar-refractivity contribution in [3.8, 4) is 0 Å². The Bertz CT molecular complexity index is 667. The second-order valence-corrected chi connectivity index (χ2v) is 4.40. The van der Waals surface area contributed by atoms with Crippen LogP contribution >= 0.6 is 0 Å². The average molecular weight is 257 g/mol. The normalized spacial score (nSPS) is 10.4. The highest BCUT2D eigenvalue weighted by Gasteiger charge is 2.09. The van der Waals surface area contributed by atoms with Gasteiger partial charge in [-0.05, 0) is 37.1 Å². The summed E-state index contributed by atoms with van der Waals surface area (Å²) in [5, 5.41) is 3.41. The maximum atomic E-state index is 12.0. The molecule has 0 aliphatic rings. The highest BCUT2D eigenvalue weighted by atomic mass is 16.1. The Morgan fingerprint density at radius 1 is 1.53 bits per heavy atom. The van der Waals surface area contributed by atoms with E-state index in [9.17, 15) is 4.79 Å². The zero-order valence-corrected chi connectivity index (χ0v) is 11.0. The van der Waals surface area contributed by atoms with Crippen molar-refractivity contribution in [2.24, 2.45) is 12.2 Å². The summed E-state index contributed by atoms with van der Waals surface area (Å²) in [6, 6.07) is 5.55. The fourth-order valence-electron chi connectivity index (χ4n) is 1.99. The summed E-state index contributed by atoms with van der Waals surface area (Å²) in [5.41, 5.74) is 10.7. The molecule has 6 nitrogen and oxygen atoms in total. The molecule has 0 saturated heterocycles. The number of rotatable bonds is 5. The maximum Gasteiger partial charge on any atom is 0.162 e. The summed E-state index contributed by atoms with van der Waals surface area (Å²) in [5.74, 6) is 0.973. The fraction of sp³-hybridized carbons (Fsp3) is 0.385. The summed E-state index contributed by atoms with van der Waals surface area (Å²) >= 11 is 0. The molecule has 1 aromatic heterocycles. The summed E-state index contributed by atoms with van der Waals surface area (Å²) in [6.07, 6.45) is 0.957. The van der Waals surface area contributed by atoms with Crippen LogP contribution in [0.2, 0.25) is 0 Å². The number of fused-ring (bicyclic) bond motifs is 1. The van der Waals surface area contributed by atoms with Crippen LogP contribution in [0.1, 0.15) is 29.0 Å². The second-order valence-electron chi connectivity index (χ2n) is 4.40. The van der Waals surface area contributed by atoms with Gasteiger partial charge in [-0.3, -0.25) is 4.79 Å². The van der Waals surface area contributed by atoms with Crippen LogP contribution in [-0.4, -0.2) is 21.9 Å². The SMILES string of the molecule is Cc1nc2cc(C(=O)CCCN=[N+]=[N-])ccc2n1C. The molecule has 0 fully saturated rings. The van der Waals surface area contributed by atoms with E-state index in [4.69, 9.17) is 5.53 Å². The number of hydrogen-bond donors (Lipinski definition) is 0. The van der Waals surface area contributed by atoms with Gasteiger partial charge in [-0.15, -0.1) is 0 Å². The van der Waals surface area contributed by atoms with Gasteiger partial charge in [0.1, 0.15) is 5.82 Å². The van der Waals surface area contributed by atoms with Gasteiger partial charge >= 0.3 is 0 Å². The van der Waals surface area contributed by atoms with Crippen LogP contribution in [0.3, 0.4) is 0 Å². The third-order valence-corrected chi connectivity index (χ3v) is 3.15. The molecule has 1 heterocycles. The van der Waals surface area contributed by atoms with Crippen molar-refractivity contribution in [1.29, 1.82) is 0 Å². The quantitative estimate of drug-likeness (QED) is 0.271. The molecule has 0 aliphatic heterocycles. The third kappa shape index (κ3) is 2.74. The molecule has 0 atom stereocenters. The monoisotopic (exact) mass is 257 g/mol. The number of carbonyl (C=O) groups excluding carboxylic acids is 1. The number of hydrogen-bond acceptors (Lipinski definition) is 3. The molecule has 0 unspecified atom stereocenters.